The Morgan fingerprint density at radius 1 is 1.07 bits per heavy atom. The molecular formula is C19H16ClFN4OS. The van der Waals surface area contributed by atoms with E-state index in [0.29, 0.717) is 34.2 Å². The molecule has 8 heteroatoms. The van der Waals surface area contributed by atoms with Gasteiger partial charge in [-0.15, -0.1) is 5.10 Å². The first kappa shape index (κ1) is 17.9. The lowest BCUT2D eigenvalue weighted by molar-refractivity contribution is 0.0752. The van der Waals surface area contributed by atoms with E-state index in [1.165, 1.54) is 12.1 Å². The summed E-state index contributed by atoms with van der Waals surface area (Å²) >= 11 is 7.14. The lowest BCUT2D eigenvalue weighted by Gasteiger charge is -2.36. The fourth-order valence-electron chi connectivity index (χ4n) is 3.11. The van der Waals surface area contributed by atoms with Gasteiger partial charge in [0.05, 0.1) is 0 Å². The summed E-state index contributed by atoms with van der Waals surface area (Å²) in [4.78, 5) is 17.5. The average molecular weight is 403 g/mol. The van der Waals surface area contributed by atoms with Crippen LogP contribution in [0, 0.1) is 5.82 Å². The van der Waals surface area contributed by atoms with E-state index >= 15 is 0 Å². The number of hydrogen-bond acceptors (Lipinski definition) is 5. The van der Waals surface area contributed by atoms with Crippen molar-refractivity contribution in [1.82, 2.24) is 14.5 Å². The largest absolute Gasteiger partial charge is 0.368 e. The van der Waals surface area contributed by atoms with Crippen LogP contribution in [0.4, 0.5) is 10.1 Å². The number of hydrogen-bond donors (Lipinski definition) is 0. The molecule has 4 rings (SSSR count). The summed E-state index contributed by atoms with van der Waals surface area (Å²) in [6.07, 6.45) is 0. The normalized spacial score (nSPS) is 14.4. The number of piperazine rings is 1. The summed E-state index contributed by atoms with van der Waals surface area (Å²) in [7, 11) is 0. The fourth-order valence-corrected chi connectivity index (χ4v) is 3.95. The van der Waals surface area contributed by atoms with Crippen LogP contribution in [0.3, 0.4) is 0 Å². The minimum atomic E-state index is -0.327. The molecule has 1 aliphatic rings. The van der Waals surface area contributed by atoms with E-state index in [4.69, 9.17) is 11.6 Å². The number of carbonyl (C=O) groups excluding carboxylic acids is 1. The highest BCUT2D eigenvalue weighted by molar-refractivity contribution is 7.08. The lowest BCUT2D eigenvalue weighted by atomic mass is 10.1. The summed E-state index contributed by atoms with van der Waals surface area (Å²) in [6, 6.07) is 13.6. The second kappa shape index (κ2) is 7.62. The number of halogens is 2. The van der Waals surface area contributed by atoms with E-state index in [1.807, 2.05) is 29.2 Å². The maximum absolute atomic E-state index is 13.2. The van der Waals surface area contributed by atoms with Gasteiger partial charge in [0.25, 0.3) is 5.91 Å². The average Bonchev–Trinajstić information content (AvgIpc) is 3.18. The predicted octanol–water partition coefficient (Wildman–Crippen LogP) is 3.96. The molecule has 0 saturated carbocycles. The van der Waals surface area contributed by atoms with E-state index in [9.17, 15) is 9.18 Å². The van der Waals surface area contributed by atoms with Crippen LogP contribution in [-0.4, -0.2) is 46.6 Å². The molecule has 0 N–H and O–H groups in total. The van der Waals surface area contributed by atoms with Crippen LogP contribution in [0.15, 0.2) is 48.5 Å². The number of carbonyl (C=O) groups is 1. The number of amides is 1. The molecule has 0 bridgehead atoms. The van der Waals surface area contributed by atoms with Crippen LogP contribution in [0.1, 0.15) is 9.67 Å². The first-order valence-electron chi connectivity index (χ1n) is 8.50. The third kappa shape index (κ3) is 3.79. The number of aromatic nitrogens is 2. The van der Waals surface area contributed by atoms with Gasteiger partial charge < -0.3 is 9.80 Å². The van der Waals surface area contributed by atoms with Gasteiger partial charge in [0.15, 0.2) is 0 Å². The van der Waals surface area contributed by atoms with Crippen LogP contribution in [0.2, 0.25) is 5.02 Å². The highest BCUT2D eigenvalue weighted by atomic mass is 35.5. The van der Waals surface area contributed by atoms with E-state index in [0.717, 1.165) is 30.3 Å². The molecule has 0 spiro atoms. The molecule has 1 saturated heterocycles. The highest BCUT2D eigenvalue weighted by Gasteiger charge is 2.26. The first-order valence-corrected chi connectivity index (χ1v) is 9.65. The van der Waals surface area contributed by atoms with Gasteiger partial charge >= 0.3 is 0 Å². The second-order valence-corrected chi connectivity index (χ2v) is 7.41. The molecule has 5 nitrogen and oxygen atoms in total. The Balaban J connectivity index is 1.47. The molecule has 27 heavy (non-hydrogen) atoms. The minimum absolute atomic E-state index is 0.0879. The minimum Gasteiger partial charge on any atom is -0.368 e. The molecule has 0 aliphatic carbocycles. The lowest BCUT2D eigenvalue weighted by Crippen LogP contribution is -2.48. The maximum Gasteiger partial charge on any atom is 0.268 e. The van der Waals surface area contributed by atoms with Crippen LogP contribution >= 0.6 is 23.1 Å². The molecule has 0 unspecified atom stereocenters. The smallest absolute Gasteiger partial charge is 0.268 e. The highest BCUT2D eigenvalue weighted by Crippen LogP contribution is 2.27. The zero-order chi connectivity index (χ0) is 18.8. The molecule has 1 amide bonds. The number of nitrogens with zero attached hydrogens (tertiary/aromatic N) is 4. The summed E-state index contributed by atoms with van der Waals surface area (Å²) in [5.41, 5.74) is 2.24. The van der Waals surface area contributed by atoms with Gasteiger partial charge in [-0.25, -0.2) is 4.39 Å². The van der Waals surface area contributed by atoms with Crippen molar-refractivity contribution in [2.24, 2.45) is 0 Å². The van der Waals surface area contributed by atoms with Gasteiger partial charge in [0.1, 0.15) is 16.4 Å². The summed E-state index contributed by atoms with van der Waals surface area (Å²) in [5, 5.41) is 4.78. The number of anilines is 1. The Morgan fingerprint density at radius 3 is 2.52 bits per heavy atom. The number of rotatable bonds is 3. The summed E-state index contributed by atoms with van der Waals surface area (Å²) < 4.78 is 17.1. The van der Waals surface area contributed by atoms with Crippen LogP contribution in [-0.2, 0) is 0 Å². The van der Waals surface area contributed by atoms with Gasteiger partial charge in [0, 0.05) is 42.5 Å². The van der Waals surface area contributed by atoms with Gasteiger partial charge in [-0.2, -0.15) is 0 Å². The summed E-state index contributed by atoms with van der Waals surface area (Å²) in [6.45, 7) is 2.66. The van der Waals surface area contributed by atoms with Gasteiger partial charge in [-0.3, -0.25) is 4.79 Å². The molecule has 0 atom stereocenters. The van der Waals surface area contributed by atoms with Gasteiger partial charge in [0.2, 0.25) is 0 Å². The van der Waals surface area contributed by atoms with E-state index in [-0.39, 0.29) is 11.7 Å². The van der Waals surface area contributed by atoms with E-state index in [2.05, 4.69) is 14.5 Å². The van der Waals surface area contributed by atoms with Crippen molar-refractivity contribution >= 4 is 34.7 Å². The maximum atomic E-state index is 13.2. The van der Waals surface area contributed by atoms with Crippen molar-refractivity contribution in [3.8, 4) is 11.3 Å². The summed E-state index contributed by atoms with van der Waals surface area (Å²) in [5.74, 6) is -0.415. The van der Waals surface area contributed by atoms with Gasteiger partial charge in [-0.05, 0) is 54.0 Å². The Morgan fingerprint density at radius 2 is 1.81 bits per heavy atom. The van der Waals surface area contributed by atoms with Gasteiger partial charge in [-0.1, -0.05) is 22.2 Å². The molecule has 138 valence electrons. The van der Waals surface area contributed by atoms with Crippen LogP contribution in [0.5, 0.6) is 0 Å². The molecule has 2 aromatic carbocycles. The zero-order valence-corrected chi connectivity index (χ0v) is 15.9. The topological polar surface area (TPSA) is 49.3 Å². The van der Waals surface area contributed by atoms with E-state index < -0.39 is 0 Å². The Labute approximate surface area is 165 Å². The number of benzene rings is 2. The fraction of sp³-hybridized carbons (Fsp3) is 0.211. The van der Waals surface area contributed by atoms with E-state index in [1.54, 1.807) is 12.1 Å². The van der Waals surface area contributed by atoms with Crippen LogP contribution < -0.4 is 4.90 Å². The Hall–Kier alpha value is -2.51. The molecule has 1 fully saturated rings. The Kier molecular flexibility index (Phi) is 5.05. The molecule has 1 aromatic heterocycles. The van der Waals surface area contributed by atoms with Crippen molar-refractivity contribution in [2.45, 2.75) is 0 Å². The molecule has 1 aliphatic heterocycles. The Bertz CT molecular complexity index is 954. The molecular weight excluding hydrogens is 387 g/mol. The zero-order valence-electron chi connectivity index (χ0n) is 14.3. The quantitative estimate of drug-likeness (QED) is 0.665. The standard InChI is InChI=1S/C19H16ClFN4OS/c20-14-2-1-3-16(12-14)24-8-10-25(11-9-24)19(26)18-17(22-23-27-18)13-4-6-15(21)7-5-13/h1-7,12H,8-11H2. The predicted molar refractivity (Wildman–Crippen MR) is 105 cm³/mol. The van der Waals surface area contributed by atoms with Crippen molar-refractivity contribution in [1.29, 1.82) is 0 Å². The van der Waals surface area contributed by atoms with Crippen molar-refractivity contribution in [2.75, 3.05) is 31.1 Å². The van der Waals surface area contributed by atoms with Crippen molar-refractivity contribution in [3.05, 3.63) is 64.2 Å². The molecule has 0 radical (unpaired) electrons. The molecule has 2 heterocycles. The van der Waals surface area contributed by atoms with Crippen molar-refractivity contribution in [3.63, 3.8) is 0 Å². The first-order chi connectivity index (χ1) is 13.1. The second-order valence-electron chi connectivity index (χ2n) is 6.22. The molecule has 3 aromatic rings. The SMILES string of the molecule is O=C(c1snnc1-c1ccc(F)cc1)N1CCN(c2cccc(Cl)c2)CC1. The third-order valence-corrected chi connectivity index (χ3v) is 5.49. The van der Waals surface area contributed by atoms with Crippen LogP contribution in [0.25, 0.3) is 11.3 Å². The monoisotopic (exact) mass is 402 g/mol. The van der Waals surface area contributed by atoms with Crippen molar-refractivity contribution < 1.29 is 9.18 Å². The third-order valence-electron chi connectivity index (χ3n) is 4.54.